The number of carbonyl (C=O) groups is 4. The highest BCUT2D eigenvalue weighted by atomic mass is 16.7. The summed E-state index contributed by atoms with van der Waals surface area (Å²) in [7, 11) is 0. The second kappa shape index (κ2) is 13.5. The molecule has 1 saturated heterocycles. The van der Waals surface area contributed by atoms with E-state index >= 15 is 0 Å². The number of nitrogen functional groups attached to an aromatic ring is 1. The van der Waals surface area contributed by atoms with E-state index in [4.69, 9.17) is 29.4 Å². The normalized spacial score (nSPS) is 21.6. The van der Waals surface area contributed by atoms with Crippen LogP contribution in [0.1, 0.15) is 69.7 Å². The molecule has 0 radical (unpaired) electrons. The number of anilines is 1. The molecule has 1 fully saturated rings. The number of aromatic carboxylic acids is 1. The van der Waals surface area contributed by atoms with Crippen LogP contribution in [0, 0.1) is 0 Å². The van der Waals surface area contributed by atoms with Crippen molar-refractivity contribution < 1.29 is 48.0 Å². The smallest absolute Gasteiger partial charge is 0.339 e. The summed E-state index contributed by atoms with van der Waals surface area (Å²) in [6, 6.07) is 4.00. The van der Waals surface area contributed by atoms with E-state index in [2.05, 4.69) is 0 Å². The van der Waals surface area contributed by atoms with Gasteiger partial charge in [0.1, 0.15) is 11.3 Å². The van der Waals surface area contributed by atoms with E-state index in [0.29, 0.717) is 19.3 Å². The van der Waals surface area contributed by atoms with E-state index in [1.54, 1.807) is 13.8 Å². The molecule has 0 bridgehead atoms. The van der Waals surface area contributed by atoms with Gasteiger partial charge in [0.25, 0.3) is 0 Å². The van der Waals surface area contributed by atoms with Crippen molar-refractivity contribution in [2.24, 2.45) is 0 Å². The SMILES string of the molecule is CCCC(=O)OC1C(Oc2ccc(N)cc2C(=O)O)OC[C@H](OC(=O)CCC)[C@@H]1OC(=O)CCC. The van der Waals surface area contributed by atoms with Crippen LogP contribution in [0.5, 0.6) is 5.75 Å². The second-order valence-electron chi connectivity index (χ2n) is 8.07. The lowest BCUT2D eigenvalue weighted by Gasteiger charge is -2.40. The zero-order valence-corrected chi connectivity index (χ0v) is 20.2. The maximum atomic E-state index is 12.4. The Kier molecular flexibility index (Phi) is 10.8. The lowest BCUT2D eigenvalue weighted by molar-refractivity contribution is -0.261. The summed E-state index contributed by atoms with van der Waals surface area (Å²) < 4.78 is 28.1. The van der Waals surface area contributed by atoms with E-state index in [1.165, 1.54) is 18.2 Å². The molecule has 3 N–H and O–H groups in total. The molecule has 194 valence electrons. The molecule has 1 aromatic carbocycles. The van der Waals surface area contributed by atoms with Gasteiger partial charge in [-0.1, -0.05) is 20.8 Å². The predicted molar refractivity (Wildman–Crippen MR) is 123 cm³/mol. The van der Waals surface area contributed by atoms with E-state index in [1.807, 2.05) is 6.92 Å². The Hall–Kier alpha value is -3.34. The van der Waals surface area contributed by atoms with Gasteiger partial charge < -0.3 is 34.5 Å². The molecule has 1 heterocycles. The van der Waals surface area contributed by atoms with Crippen molar-refractivity contribution in [3.05, 3.63) is 23.8 Å². The average Bonchev–Trinajstić information content (AvgIpc) is 2.79. The van der Waals surface area contributed by atoms with Crippen molar-refractivity contribution >= 4 is 29.6 Å². The summed E-state index contributed by atoms with van der Waals surface area (Å²) in [5.41, 5.74) is 5.67. The van der Waals surface area contributed by atoms with Crippen molar-refractivity contribution in [3.63, 3.8) is 0 Å². The van der Waals surface area contributed by atoms with Crippen LogP contribution in [0.4, 0.5) is 5.69 Å². The number of carboxylic acids is 1. The molecule has 35 heavy (non-hydrogen) atoms. The number of esters is 3. The highest BCUT2D eigenvalue weighted by Crippen LogP contribution is 2.30. The molecule has 0 amide bonds. The minimum Gasteiger partial charge on any atom is -0.478 e. The van der Waals surface area contributed by atoms with E-state index in [9.17, 15) is 24.3 Å². The third-order valence-electron chi connectivity index (χ3n) is 5.04. The third kappa shape index (κ3) is 8.13. The van der Waals surface area contributed by atoms with Gasteiger partial charge >= 0.3 is 23.9 Å². The van der Waals surface area contributed by atoms with Gasteiger partial charge in [0.2, 0.25) is 12.4 Å². The number of hydrogen-bond acceptors (Lipinski definition) is 10. The molecule has 1 aromatic rings. The summed E-state index contributed by atoms with van der Waals surface area (Å²) in [6.07, 6.45) is -3.11. The van der Waals surface area contributed by atoms with Crippen molar-refractivity contribution in [2.75, 3.05) is 12.3 Å². The summed E-state index contributed by atoms with van der Waals surface area (Å²) in [4.78, 5) is 48.7. The second-order valence-corrected chi connectivity index (χ2v) is 8.07. The summed E-state index contributed by atoms with van der Waals surface area (Å²) >= 11 is 0. The van der Waals surface area contributed by atoms with Gasteiger partial charge in [-0.2, -0.15) is 0 Å². The molecule has 1 aliphatic heterocycles. The van der Waals surface area contributed by atoms with E-state index < -0.39 is 48.5 Å². The number of benzene rings is 1. The minimum absolute atomic E-state index is 0.0708. The van der Waals surface area contributed by atoms with Crippen LogP contribution in [0.15, 0.2) is 18.2 Å². The summed E-state index contributed by atoms with van der Waals surface area (Å²) in [5.74, 6) is -3.09. The monoisotopic (exact) mass is 495 g/mol. The van der Waals surface area contributed by atoms with Gasteiger partial charge in [0.15, 0.2) is 12.2 Å². The fourth-order valence-corrected chi connectivity index (χ4v) is 3.42. The molecular formula is C24H33NO10. The average molecular weight is 496 g/mol. The van der Waals surface area contributed by atoms with Gasteiger partial charge in [0, 0.05) is 24.9 Å². The zero-order chi connectivity index (χ0) is 26.0. The van der Waals surface area contributed by atoms with Crippen molar-refractivity contribution in [3.8, 4) is 5.75 Å². The first kappa shape index (κ1) is 27.9. The van der Waals surface area contributed by atoms with Crippen LogP contribution in [-0.4, -0.2) is 60.2 Å². The molecule has 2 rings (SSSR count). The molecule has 1 aliphatic rings. The molecule has 11 heteroatoms. The number of carboxylic acid groups (broad SMARTS) is 1. The lowest BCUT2D eigenvalue weighted by atomic mass is 10.0. The highest BCUT2D eigenvalue weighted by Gasteiger charge is 2.49. The molecule has 2 unspecified atom stereocenters. The molecule has 4 atom stereocenters. The Bertz CT molecular complexity index is 902. The van der Waals surface area contributed by atoms with Crippen LogP contribution >= 0.6 is 0 Å². The van der Waals surface area contributed by atoms with Crippen molar-refractivity contribution in [1.29, 1.82) is 0 Å². The minimum atomic E-state index is -1.35. The van der Waals surface area contributed by atoms with Crippen molar-refractivity contribution in [1.82, 2.24) is 0 Å². The van der Waals surface area contributed by atoms with E-state index in [0.717, 1.165) is 0 Å². The van der Waals surface area contributed by atoms with Crippen LogP contribution in [0.25, 0.3) is 0 Å². The van der Waals surface area contributed by atoms with Crippen LogP contribution in [-0.2, 0) is 33.3 Å². The number of carbonyl (C=O) groups excluding carboxylic acids is 3. The number of nitrogens with two attached hydrogens (primary N) is 1. The predicted octanol–water partition coefficient (Wildman–Crippen LogP) is 2.84. The molecule has 11 nitrogen and oxygen atoms in total. The number of hydrogen-bond donors (Lipinski definition) is 2. The van der Waals surface area contributed by atoms with Crippen LogP contribution < -0.4 is 10.5 Å². The number of rotatable bonds is 12. The highest BCUT2D eigenvalue weighted by molar-refractivity contribution is 5.92. The topological polar surface area (TPSA) is 161 Å². The molecule has 0 aromatic heterocycles. The Morgan fingerprint density at radius 1 is 0.914 bits per heavy atom. The first-order valence-electron chi connectivity index (χ1n) is 11.7. The molecule has 0 saturated carbocycles. The molecular weight excluding hydrogens is 462 g/mol. The zero-order valence-electron chi connectivity index (χ0n) is 20.2. The van der Waals surface area contributed by atoms with Gasteiger partial charge in [-0.25, -0.2) is 4.79 Å². The summed E-state index contributed by atoms with van der Waals surface area (Å²) in [5, 5.41) is 9.53. The lowest BCUT2D eigenvalue weighted by Crippen LogP contribution is -2.59. The Morgan fingerprint density at radius 3 is 2.00 bits per heavy atom. The molecule has 0 aliphatic carbocycles. The fourth-order valence-electron chi connectivity index (χ4n) is 3.42. The van der Waals surface area contributed by atoms with Crippen LogP contribution in [0.2, 0.25) is 0 Å². The van der Waals surface area contributed by atoms with Crippen LogP contribution in [0.3, 0.4) is 0 Å². The number of ether oxygens (including phenoxy) is 5. The van der Waals surface area contributed by atoms with E-state index in [-0.39, 0.29) is 42.9 Å². The first-order chi connectivity index (χ1) is 16.7. The fraction of sp³-hybridized carbons (Fsp3) is 0.583. The van der Waals surface area contributed by atoms with Gasteiger partial charge in [0.05, 0.1) is 6.61 Å². The first-order valence-corrected chi connectivity index (χ1v) is 11.7. The van der Waals surface area contributed by atoms with Gasteiger partial charge in [-0.15, -0.1) is 0 Å². The summed E-state index contributed by atoms with van der Waals surface area (Å²) in [6.45, 7) is 5.16. The Labute approximate surface area is 203 Å². The largest absolute Gasteiger partial charge is 0.478 e. The molecule has 0 spiro atoms. The third-order valence-corrected chi connectivity index (χ3v) is 5.04. The Morgan fingerprint density at radius 2 is 1.46 bits per heavy atom. The van der Waals surface area contributed by atoms with Gasteiger partial charge in [-0.3, -0.25) is 14.4 Å². The Balaban J connectivity index is 2.41. The quantitative estimate of drug-likeness (QED) is 0.249. The van der Waals surface area contributed by atoms with Crippen molar-refractivity contribution in [2.45, 2.75) is 83.9 Å². The maximum absolute atomic E-state index is 12.4. The van der Waals surface area contributed by atoms with Gasteiger partial charge in [-0.05, 0) is 37.5 Å². The standard InChI is InChI=1S/C24H33NO10/c1-4-7-18(26)32-17-13-31-24(33-16-11-10-14(25)12-15(16)23(29)30)22(35-20(28)9-6-3)21(17)34-19(27)8-5-2/h10-12,17,21-22,24H,4-9,13,25H2,1-3H3,(H,29,30)/t17-,21-,22?,24?/m0/s1. The maximum Gasteiger partial charge on any atom is 0.339 e.